The van der Waals surface area contributed by atoms with Crippen LogP contribution in [0.1, 0.15) is 31.9 Å². The fourth-order valence-corrected chi connectivity index (χ4v) is 1.82. The molecule has 0 amide bonds. The van der Waals surface area contributed by atoms with E-state index in [1.54, 1.807) is 0 Å². The lowest BCUT2D eigenvalue weighted by molar-refractivity contribution is 0.109. The molecule has 0 spiro atoms. The highest BCUT2D eigenvalue weighted by Crippen LogP contribution is 2.36. The molecule has 0 radical (unpaired) electrons. The van der Waals surface area contributed by atoms with Gasteiger partial charge >= 0.3 is 0 Å². The molecular formula is C13H18O. The average Bonchev–Trinajstić information content (AvgIpc) is 2.45. The van der Waals surface area contributed by atoms with E-state index >= 15 is 0 Å². The lowest BCUT2D eigenvalue weighted by Gasteiger charge is -2.25. The first-order valence-corrected chi connectivity index (χ1v) is 5.23. The van der Waals surface area contributed by atoms with Crippen molar-refractivity contribution < 1.29 is 4.74 Å². The summed E-state index contributed by atoms with van der Waals surface area (Å²) >= 11 is 0. The minimum atomic E-state index is 0.229. The molecule has 0 N–H and O–H groups in total. The van der Waals surface area contributed by atoms with Gasteiger partial charge in [0.05, 0.1) is 0 Å². The average molecular weight is 190 g/mol. The van der Waals surface area contributed by atoms with E-state index in [1.165, 1.54) is 11.1 Å². The monoisotopic (exact) mass is 190 g/mol. The lowest BCUT2D eigenvalue weighted by Crippen LogP contribution is -2.30. The van der Waals surface area contributed by atoms with Crippen molar-refractivity contribution in [2.45, 2.75) is 40.2 Å². The van der Waals surface area contributed by atoms with Crippen LogP contribution in [-0.4, -0.2) is 6.10 Å². The van der Waals surface area contributed by atoms with Gasteiger partial charge in [0, 0.05) is 6.42 Å². The second-order valence-electron chi connectivity index (χ2n) is 5.29. The Morgan fingerprint density at radius 2 is 2.00 bits per heavy atom. The van der Waals surface area contributed by atoms with Crippen molar-refractivity contribution in [3.8, 4) is 5.75 Å². The van der Waals surface area contributed by atoms with Gasteiger partial charge in [0.1, 0.15) is 11.9 Å². The highest BCUT2D eigenvalue weighted by atomic mass is 16.5. The Bertz CT molecular complexity index is 347. The maximum absolute atomic E-state index is 5.95. The minimum Gasteiger partial charge on any atom is -0.489 e. The van der Waals surface area contributed by atoms with E-state index in [1.807, 2.05) is 0 Å². The molecule has 1 aliphatic rings. The van der Waals surface area contributed by atoms with Gasteiger partial charge in [-0.15, -0.1) is 0 Å². The number of ether oxygens (including phenoxy) is 1. The van der Waals surface area contributed by atoms with Crippen LogP contribution in [0.4, 0.5) is 0 Å². The van der Waals surface area contributed by atoms with Crippen molar-refractivity contribution in [2.75, 3.05) is 0 Å². The Labute approximate surface area is 86.1 Å². The van der Waals surface area contributed by atoms with E-state index in [0.29, 0.717) is 6.10 Å². The Morgan fingerprint density at radius 1 is 1.29 bits per heavy atom. The van der Waals surface area contributed by atoms with E-state index in [-0.39, 0.29) is 5.41 Å². The van der Waals surface area contributed by atoms with Gasteiger partial charge in [-0.05, 0) is 29.5 Å². The molecule has 0 bridgehead atoms. The van der Waals surface area contributed by atoms with Gasteiger partial charge in [-0.3, -0.25) is 0 Å². The summed E-state index contributed by atoms with van der Waals surface area (Å²) < 4.78 is 5.95. The third-order valence-corrected chi connectivity index (χ3v) is 2.86. The highest BCUT2D eigenvalue weighted by molar-refractivity contribution is 5.40. The summed E-state index contributed by atoms with van der Waals surface area (Å²) in [5, 5.41) is 0. The standard InChI is InChI=1S/C13H18O/c1-9-5-6-10-8-12(13(2,3)4)14-11(10)7-9/h5-7,12H,8H2,1-4H3. The molecule has 14 heavy (non-hydrogen) atoms. The van der Waals surface area contributed by atoms with Crippen LogP contribution in [0.3, 0.4) is 0 Å². The van der Waals surface area contributed by atoms with Crippen LogP contribution in [0.15, 0.2) is 18.2 Å². The van der Waals surface area contributed by atoms with Crippen LogP contribution < -0.4 is 4.74 Å². The van der Waals surface area contributed by atoms with Crippen molar-refractivity contribution in [3.05, 3.63) is 29.3 Å². The molecule has 1 aromatic carbocycles. The SMILES string of the molecule is Cc1ccc2c(c1)OC(C(C)(C)C)C2. The first kappa shape index (κ1) is 9.57. The molecule has 1 unspecified atom stereocenters. The highest BCUT2D eigenvalue weighted by Gasteiger charge is 2.32. The van der Waals surface area contributed by atoms with E-state index in [0.717, 1.165) is 12.2 Å². The van der Waals surface area contributed by atoms with Crippen LogP contribution in [-0.2, 0) is 6.42 Å². The summed E-state index contributed by atoms with van der Waals surface area (Å²) in [6.45, 7) is 8.80. The summed E-state index contributed by atoms with van der Waals surface area (Å²) in [5.41, 5.74) is 2.86. The summed E-state index contributed by atoms with van der Waals surface area (Å²) in [5.74, 6) is 1.09. The van der Waals surface area contributed by atoms with Gasteiger partial charge in [-0.1, -0.05) is 32.9 Å². The molecule has 1 heterocycles. The number of rotatable bonds is 0. The third-order valence-electron chi connectivity index (χ3n) is 2.86. The Morgan fingerprint density at radius 3 is 2.64 bits per heavy atom. The molecule has 1 aromatic rings. The number of fused-ring (bicyclic) bond motifs is 1. The van der Waals surface area contributed by atoms with Crippen LogP contribution in [0.5, 0.6) is 5.75 Å². The molecule has 1 nitrogen and oxygen atoms in total. The minimum absolute atomic E-state index is 0.229. The summed E-state index contributed by atoms with van der Waals surface area (Å²) in [7, 11) is 0. The zero-order valence-corrected chi connectivity index (χ0v) is 9.42. The number of benzene rings is 1. The predicted octanol–water partition coefficient (Wildman–Crippen LogP) is 3.34. The number of hydrogen-bond acceptors (Lipinski definition) is 1. The Hall–Kier alpha value is -0.980. The molecule has 1 aliphatic heterocycles. The van der Waals surface area contributed by atoms with Gasteiger partial charge in [0.2, 0.25) is 0 Å². The molecule has 1 atom stereocenters. The van der Waals surface area contributed by atoms with Gasteiger partial charge in [0.15, 0.2) is 0 Å². The molecule has 0 aliphatic carbocycles. The summed E-state index contributed by atoms with van der Waals surface area (Å²) in [6, 6.07) is 6.49. The smallest absolute Gasteiger partial charge is 0.123 e. The number of aryl methyl sites for hydroxylation is 1. The van der Waals surface area contributed by atoms with Crippen LogP contribution in [0.2, 0.25) is 0 Å². The maximum Gasteiger partial charge on any atom is 0.123 e. The topological polar surface area (TPSA) is 9.23 Å². The molecule has 76 valence electrons. The maximum atomic E-state index is 5.95. The van der Waals surface area contributed by atoms with E-state index in [9.17, 15) is 0 Å². The zero-order chi connectivity index (χ0) is 10.3. The second kappa shape index (κ2) is 3.01. The zero-order valence-electron chi connectivity index (χ0n) is 9.42. The van der Waals surface area contributed by atoms with Crippen LogP contribution in [0.25, 0.3) is 0 Å². The van der Waals surface area contributed by atoms with Gasteiger partial charge < -0.3 is 4.74 Å². The molecule has 0 saturated heterocycles. The molecule has 0 aromatic heterocycles. The fraction of sp³-hybridized carbons (Fsp3) is 0.538. The second-order valence-corrected chi connectivity index (χ2v) is 5.29. The van der Waals surface area contributed by atoms with Crippen molar-refractivity contribution in [2.24, 2.45) is 5.41 Å². The first-order valence-electron chi connectivity index (χ1n) is 5.23. The number of hydrogen-bond donors (Lipinski definition) is 0. The largest absolute Gasteiger partial charge is 0.489 e. The van der Waals surface area contributed by atoms with Gasteiger partial charge in [0.25, 0.3) is 0 Å². The molecule has 1 heteroatoms. The molecular weight excluding hydrogens is 172 g/mol. The van der Waals surface area contributed by atoms with E-state index in [2.05, 4.69) is 45.9 Å². The molecule has 2 rings (SSSR count). The molecule has 0 fully saturated rings. The van der Waals surface area contributed by atoms with Crippen molar-refractivity contribution in [1.82, 2.24) is 0 Å². The predicted molar refractivity (Wildman–Crippen MR) is 58.8 cm³/mol. The summed E-state index contributed by atoms with van der Waals surface area (Å²) in [4.78, 5) is 0. The van der Waals surface area contributed by atoms with Crippen LogP contribution in [0, 0.1) is 12.3 Å². The van der Waals surface area contributed by atoms with E-state index in [4.69, 9.17) is 4.74 Å². The van der Waals surface area contributed by atoms with Crippen molar-refractivity contribution >= 4 is 0 Å². The third kappa shape index (κ3) is 1.63. The van der Waals surface area contributed by atoms with E-state index < -0.39 is 0 Å². The van der Waals surface area contributed by atoms with Crippen molar-refractivity contribution in [1.29, 1.82) is 0 Å². The lowest BCUT2D eigenvalue weighted by atomic mass is 9.86. The van der Waals surface area contributed by atoms with Gasteiger partial charge in [-0.25, -0.2) is 0 Å². The van der Waals surface area contributed by atoms with Crippen LogP contribution >= 0.6 is 0 Å². The van der Waals surface area contributed by atoms with Crippen molar-refractivity contribution in [3.63, 3.8) is 0 Å². The fourth-order valence-electron chi connectivity index (χ4n) is 1.82. The Balaban J connectivity index is 2.26. The Kier molecular flexibility index (Phi) is 2.06. The molecule has 0 saturated carbocycles. The quantitative estimate of drug-likeness (QED) is 0.609. The normalized spacial score (nSPS) is 20.4. The van der Waals surface area contributed by atoms with Gasteiger partial charge in [-0.2, -0.15) is 0 Å². The summed E-state index contributed by atoms with van der Waals surface area (Å²) in [6.07, 6.45) is 1.39. The first-order chi connectivity index (χ1) is 6.47.